The van der Waals surface area contributed by atoms with Gasteiger partial charge in [-0.2, -0.15) is 9.61 Å². The fraction of sp³-hybridized carbons (Fsp3) is 0.350. The molecule has 7 nitrogen and oxygen atoms in total. The topological polar surface area (TPSA) is 72.1 Å². The molecule has 28 heavy (non-hydrogen) atoms. The molecule has 0 saturated carbocycles. The molecule has 0 aliphatic carbocycles. The molecule has 1 fully saturated rings. The molecular weight excluding hydrogens is 418 g/mol. The van der Waals surface area contributed by atoms with Gasteiger partial charge in [0, 0.05) is 31.3 Å². The maximum absolute atomic E-state index is 4.89. The molecular formula is C20H22BrN7. The Morgan fingerprint density at radius 2 is 2.11 bits per heavy atom. The van der Waals surface area contributed by atoms with E-state index in [1.165, 1.54) is 5.56 Å². The van der Waals surface area contributed by atoms with Gasteiger partial charge in [0.15, 0.2) is 5.65 Å². The number of hydrogen-bond acceptors (Lipinski definition) is 5. The second kappa shape index (κ2) is 7.18. The molecule has 4 heterocycles. The minimum absolute atomic E-state index is 0.485. The van der Waals surface area contributed by atoms with Crippen LogP contribution >= 0.6 is 15.9 Å². The number of nitrogens with zero attached hydrogens (tertiary/aromatic N) is 5. The predicted molar refractivity (Wildman–Crippen MR) is 114 cm³/mol. The number of fused-ring (bicyclic) bond motifs is 2. The highest BCUT2D eigenvalue weighted by atomic mass is 79.9. The zero-order valence-electron chi connectivity index (χ0n) is 15.7. The lowest BCUT2D eigenvalue weighted by molar-refractivity contribution is 0.453. The fourth-order valence-electron chi connectivity index (χ4n) is 3.89. The van der Waals surface area contributed by atoms with E-state index in [1.807, 2.05) is 22.5 Å². The molecule has 0 spiro atoms. The zero-order chi connectivity index (χ0) is 19.1. The average Bonchev–Trinajstić information content (AvgIpc) is 3.29. The summed E-state index contributed by atoms with van der Waals surface area (Å²) >= 11 is 3.59. The van der Waals surface area contributed by atoms with E-state index in [-0.39, 0.29) is 0 Å². The summed E-state index contributed by atoms with van der Waals surface area (Å²) in [5.74, 6) is 1.45. The van der Waals surface area contributed by atoms with Gasteiger partial charge in [-0.05, 0) is 59.6 Å². The number of nitrogens with one attached hydrogen (secondary N) is 2. The van der Waals surface area contributed by atoms with Crippen molar-refractivity contribution in [2.24, 2.45) is 7.05 Å². The summed E-state index contributed by atoms with van der Waals surface area (Å²) in [5, 5.41) is 11.5. The van der Waals surface area contributed by atoms with Crippen molar-refractivity contribution in [1.82, 2.24) is 29.5 Å². The Morgan fingerprint density at radius 1 is 1.25 bits per heavy atom. The summed E-state index contributed by atoms with van der Waals surface area (Å²) in [7, 11) is 2.01. The molecule has 1 aliphatic rings. The first kappa shape index (κ1) is 17.6. The van der Waals surface area contributed by atoms with E-state index in [4.69, 9.17) is 4.98 Å². The van der Waals surface area contributed by atoms with Crippen LogP contribution in [-0.4, -0.2) is 37.2 Å². The highest BCUT2D eigenvalue weighted by Gasteiger charge is 2.19. The number of piperidine rings is 1. The third kappa shape index (κ3) is 3.16. The first-order chi connectivity index (χ1) is 13.7. The highest BCUT2D eigenvalue weighted by Crippen LogP contribution is 2.29. The van der Waals surface area contributed by atoms with E-state index < -0.39 is 0 Å². The van der Waals surface area contributed by atoms with Crippen LogP contribution in [-0.2, 0) is 13.6 Å². The first-order valence-electron chi connectivity index (χ1n) is 9.58. The maximum atomic E-state index is 4.89. The first-order valence-corrected chi connectivity index (χ1v) is 10.4. The van der Waals surface area contributed by atoms with Crippen molar-refractivity contribution in [2.45, 2.75) is 25.3 Å². The fourth-order valence-corrected chi connectivity index (χ4v) is 4.24. The number of rotatable bonds is 4. The normalized spacial score (nSPS) is 15.5. The molecule has 1 saturated heterocycles. The number of halogens is 1. The zero-order valence-corrected chi connectivity index (χ0v) is 17.3. The molecule has 2 N–H and O–H groups in total. The van der Waals surface area contributed by atoms with Crippen LogP contribution in [0.15, 0.2) is 41.3 Å². The summed E-state index contributed by atoms with van der Waals surface area (Å²) in [5.41, 5.74) is 5.33. The number of anilines is 1. The van der Waals surface area contributed by atoms with Gasteiger partial charge in [-0.3, -0.25) is 0 Å². The summed E-state index contributed by atoms with van der Waals surface area (Å²) in [6.07, 6.45) is 5.88. The summed E-state index contributed by atoms with van der Waals surface area (Å²) in [6.45, 7) is 2.80. The molecule has 5 rings (SSSR count). The SMILES string of the molecule is Cn1cnc2cc(CNc3cc(C4CCNCC4)nc4c(Br)cnn34)ccc21. The molecule has 0 atom stereocenters. The van der Waals surface area contributed by atoms with Gasteiger partial charge in [0.1, 0.15) is 5.82 Å². The Hall–Kier alpha value is -2.45. The van der Waals surface area contributed by atoms with E-state index in [9.17, 15) is 0 Å². The quantitative estimate of drug-likeness (QED) is 0.509. The van der Waals surface area contributed by atoms with Crippen molar-refractivity contribution in [3.8, 4) is 0 Å². The van der Waals surface area contributed by atoms with Gasteiger partial charge in [0.2, 0.25) is 0 Å². The Labute approximate surface area is 171 Å². The van der Waals surface area contributed by atoms with Crippen molar-refractivity contribution in [3.63, 3.8) is 0 Å². The molecule has 8 heteroatoms. The maximum Gasteiger partial charge on any atom is 0.171 e. The van der Waals surface area contributed by atoms with Crippen LogP contribution < -0.4 is 10.6 Å². The van der Waals surface area contributed by atoms with Crippen molar-refractivity contribution >= 4 is 38.4 Å². The number of hydrogen-bond donors (Lipinski definition) is 2. The van der Waals surface area contributed by atoms with Gasteiger partial charge in [-0.25, -0.2) is 9.97 Å². The van der Waals surface area contributed by atoms with Gasteiger partial charge in [-0.15, -0.1) is 0 Å². The lowest BCUT2D eigenvalue weighted by Gasteiger charge is -2.23. The minimum atomic E-state index is 0.485. The third-order valence-corrected chi connectivity index (χ3v) is 6.03. The number of aryl methyl sites for hydroxylation is 1. The molecule has 144 valence electrons. The molecule has 0 amide bonds. The van der Waals surface area contributed by atoms with E-state index in [0.717, 1.165) is 58.6 Å². The Bertz CT molecular complexity index is 1140. The van der Waals surface area contributed by atoms with E-state index in [2.05, 4.69) is 60.9 Å². The van der Waals surface area contributed by atoms with Crippen LogP contribution in [0.2, 0.25) is 0 Å². The van der Waals surface area contributed by atoms with Gasteiger partial charge >= 0.3 is 0 Å². The van der Waals surface area contributed by atoms with Gasteiger partial charge in [0.25, 0.3) is 0 Å². The largest absolute Gasteiger partial charge is 0.366 e. The molecule has 0 bridgehead atoms. The summed E-state index contributed by atoms with van der Waals surface area (Å²) in [4.78, 5) is 9.35. The van der Waals surface area contributed by atoms with Crippen molar-refractivity contribution in [1.29, 1.82) is 0 Å². The summed E-state index contributed by atoms with van der Waals surface area (Å²) in [6, 6.07) is 8.55. The van der Waals surface area contributed by atoms with Crippen LogP contribution in [0.25, 0.3) is 16.7 Å². The Morgan fingerprint density at radius 3 is 2.96 bits per heavy atom. The second-order valence-corrected chi connectivity index (χ2v) is 8.20. The van der Waals surface area contributed by atoms with E-state index in [1.54, 1.807) is 6.20 Å². The van der Waals surface area contributed by atoms with Crippen molar-refractivity contribution in [2.75, 3.05) is 18.4 Å². The lowest BCUT2D eigenvalue weighted by Crippen LogP contribution is -2.27. The van der Waals surface area contributed by atoms with Crippen molar-refractivity contribution < 1.29 is 0 Å². The van der Waals surface area contributed by atoms with Crippen LogP contribution in [0.4, 0.5) is 5.82 Å². The number of imidazole rings is 1. The third-order valence-electron chi connectivity index (χ3n) is 5.47. The van der Waals surface area contributed by atoms with Crippen LogP contribution in [0.3, 0.4) is 0 Å². The molecule has 3 aromatic heterocycles. The van der Waals surface area contributed by atoms with Gasteiger partial charge < -0.3 is 15.2 Å². The molecule has 1 aliphatic heterocycles. The van der Waals surface area contributed by atoms with Crippen LogP contribution in [0.5, 0.6) is 0 Å². The minimum Gasteiger partial charge on any atom is -0.366 e. The molecule has 0 unspecified atom stereocenters. The van der Waals surface area contributed by atoms with Crippen LogP contribution in [0, 0.1) is 0 Å². The molecule has 1 aromatic carbocycles. The van der Waals surface area contributed by atoms with E-state index >= 15 is 0 Å². The lowest BCUT2D eigenvalue weighted by atomic mass is 9.94. The smallest absolute Gasteiger partial charge is 0.171 e. The average molecular weight is 440 g/mol. The monoisotopic (exact) mass is 439 g/mol. The number of benzene rings is 1. The van der Waals surface area contributed by atoms with Crippen molar-refractivity contribution in [3.05, 3.63) is 52.5 Å². The van der Waals surface area contributed by atoms with Crippen LogP contribution in [0.1, 0.15) is 30.0 Å². The molecule has 4 aromatic rings. The predicted octanol–water partition coefficient (Wildman–Crippen LogP) is 3.46. The standard InChI is InChI=1S/C20H22BrN7/c1-27-12-24-17-8-13(2-3-18(17)27)10-23-19-9-16(14-4-6-22-7-5-14)26-20-15(21)11-25-28(19)20/h2-3,8-9,11-12,14,22-23H,4-7,10H2,1H3. The van der Waals surface area contributed by atoms with Gasteiger partial charge in [-0.1, -0.05) is 6.07 Å². The second-order valence-electron chi connectivity index (χ2n) is 7.35. The Balaban J connectivity index is 1.46. The Kier molecular flexibility index (Phi) is 4.52. The highest BCUT2D eigenvalue weighted by molar-refractivity contribution is 9.10. The van der Waals surface area contributed by atoms with E-state index in [0.29, 0.717) is 12.5 Å². The van der Waals surface area contributed by atoms with Gasteiger partial charge in [0.05, 0.1) is 28.0 Å². The summed E-state index contributed by atoms with van der Waals surface area (Å²) < 4.78 is 4.82. The number of aromatic nitrogens is 5. The molecule has 0 radical (unpaired) electrons.